The van der Waals surface area contributed by atoms with Crippen molar-refractivity contribution in [2.75, 3.05) is 0 Å². The van der Waals surface area contributed by atoms with Gasteiger partial charge in [0.1, 0.15) is 0 Å². The predicted molar refractivity (Wildman–Crippen MR) is 59.3 cm³/mol. The second kappa shape index (κ2) is 3.50. The SMILES string of the molecule is CCC(=O)NC1[C@H]2C[C@@H]3C[C@@H](C[C@H]1C3)C2. The molecule has 4 aliphatic rings. The molecule has 0 unspecified atom stereocenters. The van der Waals surface area contributed by atoms with Crippen molar-refractivity contribution in [2.45, 2.75) is 51.5 Å². The zero-order chi connectivity index (χ0) is 10.4. The second-order valence-corrected chi connectivity index (χ2v) is 5.88. The van der Waals surface area contributed by atoms with E-state index < -0.39 is 0 Å². The summed E-state index contributed by atoms with van der Waals surface area (Å²) in [5, 5.41) is 3.27. The average molecular weight is 207 g/mol. The standard InChI is InChI=1S/C13H21NO/c1-2-12(15)14-13-10-4-8-3-9(6-10)7-11(13)5-8/h8-11,13H,2-7H2,1H3,(H,14,15)/t8-,9+,10-,11+,13?. The molecule has 0 aliphatic heterocycles. The topological polar surface area (TPSA) is 29.1 Å². The summed E-state index contributed by atoms with van der Waals surface area (Å²) >= 11 is 0. The molecule has 0 atom stereocenters. The first-order valence-corrected chi connectivity index (χ1v) is 6.55. The fraction of sp³-hybridized carbons (Fsp3) is 0.923. The smallest absolute Gasteiger partial charge is 0.219 e. The molecule has 84 valence electrons. The van der Waals surface area contributed by atoms with Crippen molar-refractivity contribution in [3.63, 3.8) is 0 Å². The average Bonchev–Trinajstić information content (AvgIpc) is 2.22. The van der Waals surface area contributed by atoms with Gasteiger partial charge >= 0.3 is 0 Å². The lowest BCUT2D eigenvalue weighted by Gasteiger charge is -2.54. The highest BCUT2D eigenvalue weighted by molar-refractivity contribution is 5.75. The fourth-order valence-electron chi connectivity index (χ4n) is 4.45. The third-order valence-electron chi connectivity index (χ3n) is 4.88. The maximum absolute atomic E-state index is 11.5. The second-order valence-electron chi connectivity index (χ2n) is 5.88. The Morgan fingerprint density at radius 2 is 1.60 bits per heavy atom. The molecule has 0 heterocycles. The number of carbonyl (C=O) groups is 1. The maximum Gasteiger partial charge on any atom is 0.219 e. The molecule has 2 heteroatoms. The minimum atomic E-state index is 0.257. The van der Waals surface area contributed by atoms with E-state index in [0.29, 0.717) is 12.5 Å². The van der Waals surface area contributed by atoms with Crippen molar-refractivity contribution in [2.24, 2.45) is 23.7 Å². The maximum atomic E-state index is 11.5. The van der Waals surface area contributed by atoms with Gasteiger partial charge in [0.15, 0.2) is 0 Å². The number of rotatable bonds is 2. The number of hydrogen-bond donors (Lipinski definition) is 1. The van der Waals surface area contributed by atoms with Crippen LogP contribution in [0.5, 0.6) is 0 Å². The molecule has 0 aromatic rings. The van der Waals surface area contributed by atoms with Gasteiger partial charge in [0, 0.05) is 12.5 Å². The van der Waals surface area contributed by atoms with Crippen molar-refractivity contribution in [3.8, 4) is 0 Å². The Morgan fingerprint density at radius 1 is 1.07 bits per heavy atom. The molecule has 4 fully saturated rings. The van der Waals surface area contributed by atoms with Crippen molar-refractivity contribution >= 4 is 5.91 Å². The van der Waals surface area contributed by atoms with Crippen LogP contribution in [0.1, 0.15) is 45.4 Å². The molecule has 0 aromatic carbocycles. The monoisotopic (exact) mass is 207 g/mol. The van der Waals surface area contributed by atoms with Crippen LogP contribution in [0, 0.1) is 23.7 Å². The summed E-state index contributed by atoms with van der Waals surface area (Å²) < 4.78 is 0. The van der Waals surface area contributed by atoms with Gasteiger partial charge < -0.3 is 5.32 Å². The lowest BCUT2D eigenvalue weighted by molar-refractivity contribution is -0.124. The summed E-state index contributed by atoms with van der Waals surface area (Å²) in [5.74, 6) is 3.89. The summed E-state index contributed by atoms with van der Waals surface area (Å²) in [6.07, 6.45) is 7.69. The van der Waals surface area contributed by atoms with Crippen LogP contribution in [-0.2, 0) is 4.79 Å². The normalized spacial score (nSPS) is 46.9. The van der Waals surface area contributed by atoms with Gasteiger partial charge in [-0.2, -0.15) is 0 Å². The number of nitrogens with one attached hydrogen (secondary N) is 1. The van der Waals surface area contributed by atoms with Crippen LogP contribution >= 0.6 is 0 Å². The molecule has 1 amide bonds. The molecule has 4 saturated carbocycles. The highest BCUT2D eigenvalue weighted by Gasteiger charge is 2.48. The number of amides is 1. The van der Waals surface area contributed by atoms with Crippen molar-refractivity contribution in [3.05, 3.63) is 0 Å². The van der Waals surface area contributed by atoms with Crippen molar-refractivity contribution < 1.29 is 4.79 Å². The van der Waals surface area contributed by atoms with Crippen LogP contribution in [0.25, 0.3) is 0 Å². The highest BCUT2D eigenvalue weighted by Crippen LogP contribution is 2.53. The Balaban J connectivity index is 1.72. The molecule has 4 rings (SSSR count). The van der Waals surface area contributed by atoms with Gasteiger partial charge in [-0.15, -0.1) is 0 Å². The first-order valence-electron chi connectivity index (χ1n) is 6.55. The van der Waals surface area contributed by atoms with Gasteiger partial charge in [-0.25, -0.2) is 0 Å². The fourth-order valence-corrected chi connectivity index (χ4v) is 4.45. The molecule has 0 aromatic heterocycles. The van der Waals surface area contributed by atoms with Crippen molar-refractivity contribution in [1.82, 2.24) is 5.32 Å². The summed E-state index contributed by atoms with van der Waals surface area (Å²) in [7, 11) is 0. The first-order chi connectivity index (χ1) is 7.26. The molecule has 2 nitrogen and oxygen atoms in total. The predicted octanol–water partition coefficient (Wildman–Crippen LogP) is 2.34. The molecular weight excluding hydrogens is 186 g/mol. The van der Waals surface area contributed by atoms with Crippen LogP contribution in [0.3, 0.4) is 0 Å². The molecule has 0 saturated heterocycles. The minimum absolute atomic E-state index is 0.257. The molecule has 15 heavy (non-hydrogen) atoms. The van der Waals surface area contributed by atoms with E-state index in [1.807, 2.05) is 6.92 Å². The van der Waals surface area contributed by atoms with E-state index in [1.54, 1.807) is 0 Å². The minimum Gasteiger partial charge on any atom is -0.353 e. The van der Waals surface area contributed by atoms with Gasteiger partial charge in [-0.05, 0) is 55.8 Å². The van der Waals surface area contributed by atoms with Gasteiger partial charge in [0.05, 0.1) is 0 Å². The van der Waals surface area contributed by atoms with E-state index >= 15 is 0 Å². The molecule has 4 aliphatic carbocycles. The highest BCUT2D eigenvalue weighted by atomic mass is 16.1. The van der Waals surface area contributed by atoms with Gasteiger partial charge in [0.2, 0.25) is 5.91 Å². The number of hydrogen-bond acceptors (Lipinski definition) is 1. The van der Waals surface area contributed by atoms with E-state index in [2.05, 4.69) is 5.32 Å². The Labute approximate surface area is 91.8 Å². The zero-order valence-electron chi connectivity index (χ0n) is 9.54. The van der Waals surface area contributed by atoms with Crippen molar-refractivity contribution in [1.29, 1.82) is 0 Å². The van der Waals surface area contributed by atoms with Crippen LogP contribution in [0.15, 0.2) is 0 Å². The summed E-state index contributed by atoms with van der Waals surface area (Å²) in [4.78, 5) is 11.5. The van der Waals surface area contributed by atoms with Crippen LogP contribution < -0.4 is 5.32 Å². The molecule has 0 radical (unpaired) electrons. The Hall–Kier alpha value is -0.530. The van der Waals surface area contributed by atoms with Crippen LogP contribution in [0.4, 0.5) is 0 Å². The third kappa shape index (κ3) is 1.58. The van der Waals surface area contributed by atoms with E-state index in [9.17, 15) is 4.79 Å². The van der Waals surface area contributed by atoms with Crippen LogP contribution in [0.2, 0.25) is 0 Å². The summed E-state index contributed by atoms with van der Waals surface area (Å²) in [5.41, 5.74) is 0. The lowest BCUT2D eigenvalue weighted by Crippen LogP contribution is -2.55. The van der Waals surface area contributed by atoms with E-state index in [0.717, 1.165) is 23.7 Å². The van der Waals surface area contributed by atoms with Crippen LogP contribution in [-0.4, -0.2) is 11.9 Å². The third-order valence-corrected chi connectivity index (χ3v) is 4.88. The molecule has 4 bridgehead atoms. The van der Waals surface area contributed by atoms with Gasteiger partial charge in [-0.1, -0.05) is 6.92 Å². The Bertz CT molecular complexity index is 246. The van der Waals surface area contributed by atoms with Gasteiger partial charge in [0.25, 0.3) is 0 Å². The molecule has 1 N–H and O–H groups in total. The lowest BCUT2D eigenvalue weighted by atomic mass is 9.54. The first kappa shape index (κ1) is 9.68. The quantitative estimate of drug-likeness (QED) is 0.740. The molecule has 0 spiro atoms. The Kier molecular flexibility index (Phi) is 2.26. The largest absolute Gasteiger partial charge is 0.353 e. The van der Waals surface area contributed by atoms with E-state index in [-0.39, 0.29) is 5.91 Å². The van der Waals surface area contributed by atoms with E-state index in [4.69, 9.17) is 0 Å². The molecular formula is C13H21NO. The summed E-state index contributed by atoms with van der Waals surface area (Å²) in [6, 6.07) is 0.533. The van der Waals surface area contributed by atoms with E-state index in [1.165, 1.54) is 32.1 Å². The van der Waals surface area contributed by atoms with Gasteiger partial charge in [-0.3, -0.25) is 4.79 Å². The zero-order valence-corrected chi connectivity index (χ0v) is 9.54. The summed E-state index contributed by atoms with van der Waals surface area (Å²) in [6.45, 7) is 1.95. The number of carbonyl (C=O) groups excluding carboxylic acids is 1. The Morgan fingerprint density at radius 3 is 2.07 bits per heavy atom.